The van der Waals surface area contributed by atoms with Gasteiger partial charge in [0.25, 0.3) is 5.56 Å². The highest BCUT2D eigenvalue weighted by molar-refractivity contribution is 7.21. The lowest BCUT2D eigenvalue weighted by atomic mass is 9.93. The number of nitriles is 1. The molecule has 3 aromatic heterocycles. The number of aromatic nitrogens is 4. The van der Waals surface area contributed by atoms with Crippen molar-refractivity contribution in [1.82, 2.24) is 24.2 Å². The predicted molar refractivity (Wildman–Crippen MR) is 155 cm³/mol. The Morgan fingerprint density at radius 2 is 2.12 bits per heavy atom. The van der Waals surface area contributed by atoms with Gasteiger partial charge in [-0.15, -0.1) is 0 Å². The van der Waals surface area contributed by atoms with Gasteiger partial charge in [-0.25, -0.2) is 18.4 Å². The van der Waals surface area contributed by atoms with Crippen molar-refractivity contribution >= 4 is 27.5 Å². The average molecular weight is 595 g/mol. The van der Waals surface area contributed by atoms with Gasteiger partial charge in [0.15, 0.2) is 0 Å². The number of halogens is 1. The number of carbonyl (C=O) groups excluding carboxylic acids is 1. The summed E-state index contributed by atoms with van der Waals surface area (Å²) in [6.07, 6.45) is 5.20. The molecule has 5 rings (SSSR count). The normalized spacial score (nSPS) is 14.7. The van der Waals surface area contributed by atoms with Gasteiger partial charge in [0.1, 0.15) is 33.5 Å². The summed E-state index contributed by atoms with van der Waals surface area (Å²) in [5, 5.41) is 17.2. The quantitative estimate of drug-likeness (QED) is 0.261. The summed E-state index contributed by atoms with van der Waals surface area (Å²) in [5.74, 6) is -0.612. The Hall–Kier alpha value is -4.28. The summed E-state index contributed by atoms with van der Waals surface area (Å²) in [4.78, 5) is 41.6. The highest BCUT2D eigenvalue weighted by Gasteiger charge is 2.30. The fraction of sp³-hybridized carbons (Fsp3) is 0.414. The Balaban J connectivity index is 1.70. The molecule has 2 atom stereocenters. The SMILES string of the molecule is COc1ccc(F)cc1[C@H](Cn1c(=O)n([C@@H](C)C(=O)NC2CCC2)c(=O)c2c(C)c(-n3cccn3)sc21)OCCC#N. The zero-order valence-corrected chi connectivity index (χ0v) is 24.3. The Bertz CT molecular complexity index is 1770. The van der Waals surface area contributed by atoms with E-state index in [-0.39, 0.29) is 31.0 Å². The third-order valence-electron chi connectivity index (χ3n) is 7.57. The minimum Gasteiger partial charge on any atom is -0.496 e. The van der Waals surface area contributed by atoms with Crippen LogP contribution in [-0.4, -0.2) is 44.6 Å². The van der Waals surface area contributed by atoms with Crippen LogP contribution in [0.15, 0.2) is 46.2 Å². The van der Waals surface area contributed by atoms with E-state index in [1.54, 1.807) is 30.1 Å². The van der Waals surface area contributed by atoms with Crippen LogP contribution in [0.4, 0.5) is 4.39 Å². The maximum Gasteiger partial charge on any atom is 0.332 e. The van der Waals surface area contributed by atoms with E-state index < -0.39 is 35.1 Å². The van der Waals surface area contributed by atoms with Crippen molar-refractivity contribution in [3.05, 3.63) is 74.4 Å². The van der Waals surface area contributed by atoms with Crippen LogP contribution in [0.5, 0.6) is 5.75 Å². The minimum absolute atomic E-state index is 0.0145. The Morgan fingerprint density at radius 1 is 1.33 bits per heavy atom. The first-order valence-corrected chi connectivity index (χ1v) is 14.5. The maximum absolute atomic E-state index is 14.4. The lowest BCUT2D eigenvalue weighted by Crippen LogP contribution is -2.49. The van der Waals surface area contributed by atoms with E-state index in [9.17, 15) is 18.8 Å². The first-order chi connectivity index (χ1) is 20.2. The zero-order valence-electron chi connectivity index (χ0n) is 23.5. The summed E-state index contributed by atoms with van der Waals surface area (Å²) < 4.78 is 29.9. The van der Waals surface area contributed by atoms with Gasteiger partial charge in [0.05, 0.1) is 38.1 Å². The van der Waals surface area contributed by atoms with Crippen molar-refractivity contribution in [2.45, 2.75) is 64.3 Å². The standard InChI is InChI=1S/C29H31FN6O5S/c1-17-24-26(38)36(18(2)25(37)33-20-7-4-8-20)29(39)34(28(24)42-27(17)35-13-6-12-32-35)16-23(41-14-5-11-31)21-15-19(30)9-10-22(21)40-3/h6,9-10,12-13,15,18,20,23H,4-5,7-8,14,16H2,1-3H3,(H,33,37)/t18-,23-/m0/s1. The number of methoxy groups -OCH3 is 1. The van der Waals surface area contributed by atoms with Gasteiger partial charge in [-0.2, -0.15) is 10.4 Å². The highest BCUT2D eigenvalue weighted by Crippen LogP contribution is 2.34. The molecular formula is C29H31FN6O5S. The lowest BCUT2D eigenvalue weighted by molar-refractivity contribution is -0.125. The number of fused-ring (bicyclic) bond motifs is 1. The van der Waals surface area contributed by atoms with Crippen LogP contribution in [0.2, 0.25) is 0 Å². The summed E-state index contributed by atoms with van der Waals surface area (Å²) in [6, 6.07) is 6.67. The molecule has 0 bridgehead atoms. The fourth-order valence-corrected chi connectivity index (χ4v) is 6.31. The molecule has 0 spiro atoms. The summed E-state index contributed by atoms with van der Waals surface area (Å²) in [7, 11) is 1.44. The molecular weight excluding hydrogens is 563 g/mol. The smallest absolute Gasteiger partial charge is 0.332 e. The van der Waals surface area contributed by atoms with Gasteiger partial charge in [0.2, 0.25) is 5.91 Å². The van der Waals surface area contributed by atoms with E-state index in [4.69, 9.17) is 14.7 Å². The molecule has 0 saturated heterocycles. The molecule has 3 heterocycles. The summed E-state index contributed by atoms with van der Waals surface area (Å²) in [5.41, 5.74) is -0.353. The van der Waals surface area contributed by atoms with Crippen LogP contribution in [0.25, 0.3) is 15.2 Å². The van der Waals surface area contributed by atoms with E-state index in [0.29, 0.717) is 26.7 Å². The van der Waals surface area contributed by atoms with Crippen molar-refractivity contribution in [2.75, 3.05) is 13.7 Å². The van der Waals surface area contributed by atoms with Gasteiger partial charge in [-0.1, -0.05) is 11.3 Å². The topological polar surface area (TPSA) is 133 Å². The Kier molecular flexibility index (Phi) is 8.56. The number of carbonyl (C=O) groups is 1. The van der Waals surface area contributed by atoms with Gasteiger partial charge in [0, 0.05) is 29.6 Å². The van der Waals surface area contributed by atoms with Gasteiger partial charge >= 0.3 is 5.69 Å². The molecule has 220 valence electrons. The van der Waals surface area contributed by atoms with Crippen molar-refractivity contribution in [2.24, 2.45) is 0 Å². The number of amides is 1. The van der Waals surface area contributed by atoms with Crippen molar-refractivity contribution in [3.63, 3.8) is 0 Å². The van der Waals surface area contributed by atoms with Crippen LogP contribution in [0.3, 0.4) is 0 Å². The van der Waals surface area contributed by atoms with E-state index in [2.05, 4.69) is 10.4 Å². The van der Waals surface area contributed by atoms with E-state index >= 15 is 0 Å². The van der Waals surface area contributed by atoms with E-state index in [1.807, 2.05) is 6.07 Å². The second kappa shape index (κ2) is 12.3. The minimum atomic E-state index is -1.09. The zero-order chi connectivity index (χ0) is 30.0. The molecule has 4 aromatic rings. The number of thiophene rings is 1. The first kappa shape index (κ1) is 29.2. The van der Waals surface area contributed by atoms with Crippen LogP contribution in [0, 0.1) is 24.1 Å². The molecule has 1 aliphatic rings. The van der Waals surface area contributed by atoms with Crippen LogP contribution in [0.1, 0.15) is 55.9 Å². The van der Waals surface area contributed by atoms with E-state index in [1.165, 1.54) is 48.1 Å². The summed E-state index contributed by atoms with van der Waals surface area (Å²) in [6.45, 7) is 3.17. The second-order valence-electron chi connectivity index (χ2n) is 10.2. The van der Waals surface area contributed by atoms with Crippen LogP contribution in [-0.2, 0) is 16.1 Å². The third-order valence-corrected chi connectivity index (χ3v) is 8.87. The molecule has 0 radical (unpaired) electrons. The molecule has 1 fully saturated rings. The van der Waals surface area contributed by atoms with Crippen molar-refractivity contribution < 1.29 is 18.7 Å². The molecule has 0 unspecified atom stereocenters. The molecule has 1 N–H and O–H groups in total. The molecule has 1 saturated carbocycles. The number of aryl methyl sites for hydroxylation is 1. The highest BCUT2D eigenvalue weighted by atomic mass is 32.1. The Labute approximate surface area is 244 Å². The number of ether oxygens (including phenoxy) is 2. The second-order valence-corrected chi connectivity index (χ2v) is 11.2. The third kappa shape index (κ3) is 5.47. The molecule has 1 aromatic carbocycles. The molecule has 0 aliphatic heterocycles. The van der Waals surface area contributed by atoms with E-state index in [0.717, 1.165) is 23.8 Å². The van der Waals surface area contributed by atoms with Gasteiger partial charge in [-0.05, 0) is 57.4 Å². The average Bonchev–Trinajstić information content (AvgIpc) is 3.60. The molecule has 1 aliphatic carbocycles. The lowest BCUT2D eigenvalue weighted by Gasteiger charge is -2.28. The fourth-order valence-electron chi connectivity index (χ4n) is 5.06. The predicted octanol–water partition coefficient (Wildman–Crippen LogP) is 3.77. The van der Waals surface area contributed by atoms with Crippen molar-refractivity contribution in [1.29, 1.82) is 5.26 Å². The Morgan fingerprint density at radius 3 is 2.76 bits per heavy atom. The number of rotatable bonds is 11. The number of hydrogen-bond donors (Lipinski definition) is 1. The molecule has 1 amide bonds. The number of hydrogen-bond acceptors (Lipinski definition) is 8. The maximum atomic E-state index is 14.4. The largest absolute Gasteiger partial charge is 0.496 e. The number of benzene rings is 1. The molecule has 13 heteroatoms. The molecule has 42 heavy (non-hydrogen) atoms. The van der Waals surface area contributed by atoms with Crippen LogP contribution < -0.4 is 21.3 Å². The van der Waals surface area contributed by atoms with Gasteiger partial charge in [-0.3, -0.25) is 14.2 Å². The van der Waals surface area contributed by atoms with Crippen LogP contribution >= 0.6 is 11.3 Å². The molecule has 11 nitrogen and oxygen atoms in total. The van der Waals surface area contributed by atoms with Gasteiger partial charge < -0.3 is 14.8 Å². The summed E-state index contributed by atoms with van der Waals surface area (Å²) >= 11 is 1.20. The first-order valence-electron chi connectivity index (χ1n) is 13.7. The van der Waals surface area contributed by atoms with Crippen molar-refractivity contribution in [3.8, 4) is 16.8 Å². The number of nitrogens with zero attached hydrogens (tertiary/aromatic N) is 5. The number of nitrogens with one attached hydrogen (secondary N) is 1. The monoisotopic (exact) mass is 594 g/mol.